The first-order valence-electron chi connectivity index (χ1n) is 9.18. The lowest BCUT2D eigenvalue weighted by molar-refractivity contribution is -0.215. The normalized spacial score (nSPS) is 28.0. The fraction of sp³-hybridized carbons (Fsp3) is 0.286. The zero-order chi connectivity index (χ0) is 20.3. The number of aliphatic hydroxyl groups is 3. The molecule has 8 heteroatoms. The van der Waals surface area contributed by atoms with Crippen LogP contribution in [0.15, 0.2) is 51.7 Å². The van der Waals surface area contributed by atoms with Crippen LogP contribution in [0.1, 0.15) is 11.7 Å². The summed E-state index contributed by atoms with van der Waals surface area (Å²) < 4.78 is 17.2. The highest BCUT2D eigenvalue weighted by Gasteiger charge is 2.52. The van der Waals surface area contributed by atoms with Crippen molar-refractivity contribution in [2.75, 3.05) is 6.61 Å². The van der Waals surface area contributed by atoms with Crippen LogP contribution in [0.2, 0.25) is 0 Å². The Morgan fingerprint density at radius 2 is 1.79 bits per heavy atom. The highest BCUT2D eigenvalue weighted by atomic mass is 16.6. The van der Waals surface area contributed by atoms with Crippen molar-refractivity contribution in [2.45, 2.75) is 30.5 Å². The van der Waals surface area contributed by atoms with Crippen LogP contribution in [0.4, 0.5) is 0 Å². The molecule has 0 saturated carbocycles. The largest absolute Gasteiger partial charge is 0.506 e. The molecule has 3 heterocycles. The zero-order valence-corrected chi connectivity index (χ0v) is 15.1. The van der Waals surface area contributed by atoms with Crippen molar-refractivity contribution in [3.63, 3.8) is 0 Å². The van der Waals surface area contributed by atoms with Crippen LogP contribution >= 0.6 is 0 Å². The molecule has 0 aliphatic carbocycles. The van der Waals surface area contributed by atoms with E-state index >= 15 is 0 Å². The van der Waals surface area contributed by atoms with Crippen molar-refractivity contribution in [1.29, 1.82) is 0 Å². The summed E-state index contributed by atoms with van der Waals surface area (Å²) in [4.78, 5) is 12.8. The third-order valence-corrected chi connectivity index (χ3v) is 5.47. The molecule has 4 N–H and O–H groups in total. The second-order valence-electron chi connectivity index (χ2n) is 7.19. The minimum Gasteiger partial charge on any atom is -0.506 e. The molecule has 5 rings (SSSR count). The fourth-order valence-corrected chi connectivity index (χ4v) is 4.01. The van der Waals surface area contributed by atoms with Crippen LogP contribution in [0.3, 0.4) is 0 Å². The van der Waals surface area contributed by atoms with Gasteiger partial charge in [-0.05, 0) is 0 Å². The lowest BCUT2D eigenvalue weighted by Crippen LogP contribution is -2.55. The van der Waals surface area contributed by atoms with E-state index in [4.69, 9.17) is 13.9 Å². The first-order chi connectivity index (χ1) is 14.0. The Bertz CT molecular complexity index is 1140. The van der Waals surface area contributed by atoms with Crippen molar-refractivity contribution >= 4 is 11.0 Å². The van der Waals surface area contributed by atoms with Gasteiger partial charge in [0.05, 0.1) is 12.2 Å². The molecule has 1 saturated heterocycles. The van der Waals surface area contributed by atoms with E-state index in [-0.39, 0.29) is 28.0 Å². The third-order valence-electron chi connectivity index (χ3n) is 5.47. The van der Waals surface area contributed by atoms with Crippen LogP contribution in [-0.4, -0.2) is 51.4 Å². The van der Waals surface area contributed by atoms with Crippen LogP contribution < -0.4 is 10.2 Å². The summed E-state index contributed by atoms with van der Waals surface area (Å²) in [5.41, 5.74) is 0.573. The molecule has 5 atom stereocenters. The Balaban J connectivity index is 1.67. The SMILES string of the molecule is O=c1cc(-c2ccccc2)oc2cc3c(c(O)c12)[C@@H]1O[C@H](CO)[C@H](O)[C@H](O)[C@H]1O3. The summed E-state index contributed by atoms with van der Waals surface area (Å²) in [6, 6.07) is 11.8. The number of fused-ring (bicyclic) bond motifs is 4. The highest BCUT2D eigenvalue weighted by molar-refractivity contribution is 5.88. The maximum atomic E-state index is 12.8. The van der Waals surface area contributed by atoms with Gasteiger partial charge in [0.1, 0.15) is 52.6 Å². The number of aliphatic hydroxyl groups excluding tert-OH is 3. The van der Waals surface area contributed by atoms with Gasteiger partial charge in [0.15, 0.2) is 11.5 Å². The molecule has 0 unspecified atom stereocenters. The van der Waals surface area contributed by atoms with Gasteiger partial charge in [-0.2, -0.15) is 0 Å². The maximum absolute atomic E-state index is 12.8. The van der Waals surface area contributed by atoms with Crippen molar-refractivity contribution in [2.24, 2.45) is 0 Å². The van der Waals surface area contributed by atoms with E-state index in [9.17, 15) is 25.2 Å². The number of phenolic OH excluding ortho intramolecular Hbond substituents is 1. The lowest BCUT2D eigenvalue weighted by Gasteiger charge is -2.38. The molecular weight excluding hydrogens is 380 g/mol. The second kappa shape index (κ2) is 6.57. The molecule has 1 fully saturated rings. The van der Waals surface area contributed by atoms with E-state index in [1.54, 1.807) is 12.1 Å². The van der Waals surface area contributed by atoms with E-state index in [1.165, 1.54) is 12.1 Å². The fourth-order valence-electron chi connectivity index (χ4n) is 4.01. The van der Waals surface area contributed by atoms with E-state index in [0.717, 1.165) is 0 Å². The van der Waals surface area contributed by atoms with Crippen molar-refractivity contribution in [3.05, 3.63) is 58.3 Å². The molecule has 2 aliphatic heterocycles. The van der Waals surface area contributed by atoms with Gasteiger partial charge in [-0.1, -0.05) is 30.3 Å². The summed E-state index contributed by atoms with van der Waals surface area (Å²) in [7, 11) is 0. The van der Waals surface area contributed by atoms with Crippen LogP contribution in [0, 0.1) is 0 Å². The Hall–Kier alpha value is -2.91. The first kappa shape index (κ1) is 18.1. The predicted molar refractivity (Wildman–Crippen MR) is 101 cm³/mol. The topological polar surface area (TPSA) is 130 Å². The quantitative estimate of drug-likeness (QED) is 0.505. The minimum absolute atomic E-state index is 0.0301. The molecule has 0 bridgehead atoms. The first-order valence-corrected chi connectivity index (χ1v) is 9.18. The number of phenols is 1. The Labute approximate surface area is 164 Å². The van der Waals surface area contributed by atoms with Gasteiger partial charge in [-0.15, -0.1) is 0 Å². The Morgan fingerprint density at radius 1 is 1.03 bits per heavy atom. The molecule has 150 valence electrons. The van der Waals surface area contributed by atoms with Gasteiger partial charge in [0, 0.05) is 17.7 Å². The average molecular weight is 398 g/mol. The van der Waals surface area contributed by atoms with Crippen molar-refractivity contribution in [3.8, 4) is 22.8 Å². The van der Waals surface area contributed by atoms with Gasteiger partial charge in [-0.25, -0.2) is 0 Å². The Kier molecular flexibility index (Phi) is 4.11. The smallest absolute Gasteiger partial charge is 0.197 e. The number of aromatic hydroxyl groups is 1. The predicted octanol–water partition coefficient (Wildman–Crippen LogP) is 1.08. The maximum Gasteiger partial charge on any atom is 0.197 e. The van der Waals surface area contributed by atoms with Crippen LogP contribution in [0.5, 0.6) is 11.5 Å². The highest BCUT2D eigenvalue weighted by Crippen LogP contribution is 2.50. The molecule has 3 aromatic rings. The summed E-state index contributed by atoms with van der Waals surface area (Å²) in [6.07, 6.45) is -5.68. The Morgan fingerprint density at radius 3 is 2.52 bits per heavy atom. The summed E-state index contributed by atoms with van der Waals surface area (Å²) in [5, 5.41) is 40.7. The van der Waals surface area contributed by atoms with Crippen molar-refractivity contribution in [1.82, 2.24) is 0 Å². The van der Waals surface area contributed by atoms with E-state index in [2.05, 4.69) is 0 Å². The zero-order valence-electron chi connectivity index (χ0n) is 15.1. The molecule has 0 spiro atoms. The van der Waals surface area contributed by atoms with Gasteiger partial charge >= 0.3 is 0 Å². The number of hydrogen-bond donors (Lipinski definition) is 4. The number of ether oxygens (including phenoxy) is 2. The van der Waals surface area contributed by atoms with Gasteiger partial charge < -0.3 is 34.3 Å². The van der Waals surface area contributed by atoms with E-state index in [1.807, 2.05) is 18.2 Å². The average Bonchev–Trinajstić information content (AvgIpc) is 3.09. The number of rotatable bonds is 2. The minimum atomic E-state index is -1.35. The van der Waals surface area contributed by atoms with Gasteiger partial charge in [-0.3, -0.25) is 4.79 Å². The lowest BCUT2D eigenvalue weighted by atomic mass is 9.92. The van der Waals surface area contributed by atoms with Crippen LogP contribution in [-0.2, 0) is 4.74 Å². The molecule has 2 aliphatic rings. The molecule has 0 amide bonds. The van der Waals surface area contributed by atoms with Crippen molar-refractivity contribution < 1.29 is 34.3 Å². The van der Waals surface area contributed by atoms with E-state index < -0.39 is 42.6 Å². The second-order valence-corrected chi connectivity index (χ2v) is 7.19. The van der Waals surface area contributed by atoms with Gasteiger partial charge in [0.25, 0.3) is 0 Å². The van der Waals surface area contributed by atoms with E-state index in [0.29, 0.717) is 11.3 Å². The van der Waals surface area contributed by atoms with Crippen LogP contribution in [0.25, 0.3) is 22.3 Å². The molecule has 2 aromatic carbocycles. The summed E-state index contributed by atoms with van der Waals surface area (Å²) in [6.45, 7) is -0.520. The van der Waals surface area contributed by atoms with Gasteiger partial charge in [0.2, 0.25) is 0 Å². The summed E-state index contributed by atoms with van der Waals surface area (Å²) >= 11 is 0. The molecule has 1 aromatic heterocycles. The molecule has 0 radical (unpaired) electrons. The standard InChI is InChI=1S/C21H18O8/c22-8-14-17(24)19(26)21-20(29-14)16-13(28-21)7-12-15(18(16)25)10(23)6-11(27-12)9-4-2-1-3-5-9/h1-7,14,17,19-22,24-26H,8H2/t14-,17+,19+,20+,21-/m1/s1. The number of benzene rings is 2. The third kappa shape index (κ3) is 2.65. The molecular formula is C21H18O8. The summed E-state index contributed by atoms with van der Waals surface area (Å²) in [5.74, 6) is 0.159. The molecule has 29 heavy (non-hydrogen) atoms. The monoisotopic (exact) mass is 398 g/mol. The molecule has 8 nitrogen and oxygen atoms in total. The number of hydrogen-bond acceptors (Lipinski definition) is 8.